The van der Waals surface area contributed by atoms with Crippen molar-refractivity contribution in [1.29, 1.82) is 0 Å². The standard InChI is InChI=1S/C38H56N2.Ni/c1-7-11-15-16-17-18-22-36-35(21-14-10-4)37(33-25-29(5)23-31(27-33)19-12-8-2)40(39)38(36)34-26-30(6)24-32(28-34)20-13-9-3;/h23-28H,7-22H2,1-6H3;. The minimum Gasteiger partial charge on any atom is -0.493 e. The van der Waals surface area contributed by atoms with E-state index in [1.807, 2.05) is 0 Å². The SMILES string of the molecule is CCCCCCCCC1=C(c2cc(C)cc(CCCC)c2)[N+](=[N-])C(c2cc(C)cc(CCCC)c2)=C1CCCC.[Ni]. The van der Waals surface area contributed by atoms with Crippen molar-refractivity contribution >= 4 is 11.4 Å². The van der Waals surface area contributed by atoms with Gasteiger partial charge < -0.3 is 5.53 Å². The number of benzene rings is 2. The average Bonchev–Trinajstić information content (AvgIpc) is 3.21. The molecule has 1 aliphatic rings. The fraction of sp³-hybridized carbons (Fsp3) is 0.579. The first kappa shape index (κ1) is 35.2. The molecule has 2 aromatic carbocycles. The quantitative estimate of drug-likeness (QED) is 0.0925. The number of rotatable bonds is 18. The van der Waals surface area contributed by atoms with Crippen molar-refractivity contribution in [3.63, 3.8) is 0 Å². The van der Waals surface area contributed by atoms with Gasteiger partial charge >= 0.3 is 0 Å². The first-order valence-corrected chi connectivity index (χ1v) is 16.6. The number of aryl methyl sites for hydroxylation is 4. The summed E-state index contributed by atoms with van der Waals surface area (Å²) in [6.45, 7) is 13.5. The zero-order valence-corrected chi connectivity index (χ0v) is 28.0. The Morgan fingerprint density at radius 1 is 0.488 bits per heavy atom. The van der Waals surface area contributed by atoms with Gasteiger partial charge in [0.1, 0.15) is 0 Å². The van der Waals surface area contributed by atoms with Crippen molar-refractivity contribution in [1.82, 2.24) is 0 Å². The fourth-order valence-corrected chi connectivity index (χ4v) is 6.27. The molecule has 41 heavy (non-hydrogen) atoms. The van der Waals surface area contributed by atoms with Crippen LogP contribution in [0.15, 0.2) is 47.5 Å². The molecule has 3 rings (SSSR count). The van der Waals surface area contributed by atoms with Gasteiger partial charge in [0.25, 0.3) is 0 Å². The Morgan fingerprint density at radius 3 is 1.34 bits per heavy atom. The van der Waals surface area contributed by atoms with Crippen LogP contribution in [0.5, 0.6) is 0 Å². The smallest absolute Gasteiger partial charge is 0.211 e. The summed E-state index contributed by atoms with van der Waals surface area (Å²) in [4.78, 5) is 0. The Morgan fingerprint density at radius 2 is 0.878 bits per heavy atom. The van der Waals surface area contributed by atoms with Gasteiger partial charge in [0, 0.05) is 38.8 Å². The molecule has 0 saturated carbocycles. The monoisotopic (exact) mass is 598 g/mol. The van der Waals surface area contributed by atoms with Gasteiger partial charge in [-0.05, 0) is 101 Å². The maximum Gasteiger partial charge on any atom is 0.211 e. The third-order valence-corrected chi connectivity index (χ3v) is 8.38. The second kappa shape index (κ2) is 18.5. The van der Waals surface area contributed by atoms with Gasteiger partial charge in [-0.1, -0.05) is 102 Å². The molecule has 2 nitrogen and oxygen atoms in total. The number of hydrogen-bond acceptors (Lipinski definition) is 0. The largest absolute Gasteiger partial charge is 0.493 e. The van der Waals surface area contributed by atoms with E-state index in [0.717, 1.165) is 49.9 Å². The van der Waals surface area contributed by atoms with E-state index in [9.17, 15) is 5.53 Å². The Balaban J connectivity index is 0.00000588. The normalized spacial score (nSPS) is 13.4. The van der Waals surface area contributed by atoms with Crippen molar-refractivity contribution in [2.45, 2.75) is 144 Å². The predicted octanol–water partition coefficient (Wildman–Crippen LogP) is 12.1. The topological polar surface area (TPSA) is 25.3 Å². The summed E-state index contributed by atoms with van der Waals surface area (Å²) in [7, 11) is 0. The van der Waals surface area contributed by atoms with Crippen LogP contribution in [-0.4, -0.2) is 4.70 Å². The Hall–Kier alpha value is -1.99. The van der Waals surface area contributed by atoms with Crippen LogP contribution in [0.1, 0.15) is 151 Å². The summed E-state index contributed by atoms with van der Waals surface area (Å²) in [5, 5.41) is 0. The Bertz CT molecular complexity index is 1190. The number of unbranched alkanes of at least 4 members (excludes halogenated alkanes) is 8. The molecule has 0 bridgehead atoms. The molecule has 0 N–H and O–H groups in total. The van der Waals surface area contributed by atoms with Gasteiger partial charge in [0.15, 0.2) is 0 Å². The summed E-state index contributed by atoms with van der Waals surface area (Å²) >= 11 is 0. The molecule has 1 aliphatic heterocycles. The van der Waals surface area contributed by atoms with E-state index in [0.29, 0.717) is 0 Å². The second-order valence-corrected chi connectivity index (χ2v) is 12.2. The maximum absolute atomic E-state index is 12.1. The maximum atomic E-state index is 12.1. The molecule has 0 atom stereocenters. The van der Waals surface area contributed by atoms with Gasteiger partial charge in [0.05, 0.1) is 0 Å². The van der Waals surface area contributed by atoms with Gasteiger partial charge in [-0.25, -0.2) is 4.70 Å². The van der Waals surface area contributed by atoms with E-state index < -0.39 is 0 Å². The molecule has 0 saturated heterocycles. The third-order valence-electron chi connectivity index (χ3n) is 8.38. The van der Waals surface area contributed by atoms with E-state index >= 15 is 0 Å². The molecule has 0 aliphatic carbocycles. The third kappa shape index (κ3) is 10.1. The van der Waals surface area contributed by atoms with Crippen LogP contribution in [0.2, 0.25) is 0 Å². The molecular weight excluding hydrogens is 543 g/mol. The van der Waals surface area contributed by atoms with Gasteiger partial charge in [-0.15, -0.1) is 0 Å². The van der Waals surface area contributed by atoms with E-state index in [-0.39, 0.29) is 16.5 Å². The molecule has 0 spiro atoms. The Kier molecular flexibility index (Phi) is 15.9. The first-order chi connectivity index (χ1) is 19.4. The van der Waals surface area contributed by atoms with E-state index in [1.165, 1.54) is 109 Å². The Labute approximate surface area is 262 Å². The average molecular weight is 600 g/mol. The van der Waals surface area contributed by atoms with E-state index in [1.54, 1.807) is 4.70 Å². The van der Waals surface area contributed by atoms with Crippen LogP contribution in [0.3, 0.4) is 0 Å². The molecule has 1 heterocycles. The summed E-state index contributed by atoms with van der Waals surface area (Å²) in [6.07, 6.45) is 19.0. The molecule has 0 aromatic heterocycles. The molecule has 0 amide bonds. The van der Waals surface area contributed by atoms with Gasteiger partial charge in [0.2, 0.25) is 11.4 Å². The van der Waals surface area contributed by atoms with Gasteiger partial charge in [-0.3, -0.25) is 0 Å². The zero-order valence-electron chi connectivity index (χ0n) is 27.0. The van der Waals surface area contributed by atoms with Crippen molar-refractivity contribution < 1.29 is 21.2 Å². The van der Waals surface area contributed by atoms with Crippen molar-refractivity contribution in [2.75, 3.05) is 0 Å². The van der Waals surface area contributed by atoms with Crippen LogP contribution in [0.4, 0.5) is 0 Å². The second-order valence-electron chi connectivity index (χ2n) is 12.2. The van der Waals surface area contributed by atoms with Crippen LogP contribution in [-0.2, 0) is 29.3 Å². The zero-order chi connectivity index (χ0) is 28.9. The van der Waals surface area contributed by atoms with Gasteiger partial charge in [-0.2, -0.15) is 0 Å². The molecule has 0 fully saturated rings. The summed E-state index contributed by atoms with van der Waals surface area (Å²) in [6, 6.07) is 13.9. The minimum atomic E-state index is 0. The molecule has 0 unspecified atom stereocenters. The van der Waals surface area contributed by atoms with Crippen molar-refractivity contribution in [3.05, 3.63) is 86.5 Å². The summed E-state index contributed by atoms with van der Waals surface area (Å²) in [5.74, 6) is 0. The molecule has 228 valence electrons. The first-order valence-electron chi connectivity index (χ1n) is 16.6. The van der Waals surface area contributed by atoms with Crippen LogP contribution in [0.25, 0.3) is 16.9 Å². The van der Waals surface area contributed by atoms with Crippen molar-refractivity contribution in [2.24, 2.45) is 0 Å². The fourth-order valence-electron chi connectivity index (χ4n) is 6.27. The summed E-state index contributed by atoms with van der Waals surface area (Å²) in [5.41, 5.74) is 24.6. The van der Waals surface area contributed by atoms with Crippen molar-refractivity contribution in [3.8, 4) is 0 Å². The molecule has 0 radical (unpaired) electrons. The molecule has 2 aromatic rings. The number of allylic oxidation sites excluding steroid dienone is 2. The molecule has 3 heteroatoms. The van der Waals surface area contributed by atoms with E-state index in [2.05, 4.69) is 77.9 Å². The van der Waals surface area contributed by atoms with E-state index in [4.69, 9.17) is 0 Å². The minimum absolute atomic E-state index is 0. The number of hydrogen-bond donors (Lipinski definition) is 0. The number of nitrogens with zero attached hydrogens (tertiary/aromatic N) is 2. The summed E-state index contributed by atoms with van der Waals surface area (Å²) < 4.78 is 1.59. The predicted molar refractivity (Wildman–Crippen MR) is 175 cm³/mol. The van der Waals surface area contributed by atoms with Crippen LogP contribution in [0, 0.1) is 13.8 Å². The molecular formula is C38H56N2Ni. The van der Waals surface area contributed by atoms with Crippen LogP contribution < -0.4 is 0 Å². The van der Waals surface area contributed by atoms with Crippen LogP contribution >= 0.6 is 0 Å².